The molecule has 1 saturated heterocycles. The van der Waals surface area contributed by atoms with Crippen molar-refractivity contribution in [1.82, 2.24) is 15.5 Å². The Bertz CT molecular complexity index is 496. The average Bonchev–Trinajstić information content (AvgIpc) is 3.08. The Balaban J connectivity index is 1.71. The van der Waals surface area contributed by atoms with Crippen LogP contribution in [0.15, 0.2) is 22.8 Å². The highest BCUT2D eigenvalue weighted by atomic mass is 16.4. The summed E-state index contributed by atoms with van der Waals surface area (Å²) in [6, 6.07) is 3.13. The van der Waals surface area contributed by atoms with Crippen LogP contribution in [0.2, 0.25) is 0 Å². The first-order chi connectivity index (χ1) is 11.4. The fraction of sp³-hybridized carbons (Fsp3) is 0.722. The van der Waals surface area contributed by atoms with Crippen LogP contribution in [-0.2, 0) is 0 Å². The maximum Gasteiger partial charge on any atom is 0.315 e. The minimum absolute atomic E-state index is 0.0469. The molecule has 0 bridgehead atoms. The summed E-state index contributed by atoms with van der Waals surface area (Å²) in [5.41, 5.74) is -0.0469. The van der Waals surface area contributed by atoms with E-state index in [4.69, 9.17) is 4.42 Å². The van der Waals surface area contributed by atoms with Crippen LogP contribution in [0.3, 0.4) is 0 Å². The number of likely N-dealkylation sites (tertiary alicyclic amines) is 1. The van der Waals surface area contributed by atoms with Crippen LogP contribution < -0.4 is 10.6 Å². The molecule has 2 heterocycles. The minimum atomic E-state index is -0.708. The van der Waals surface area contributed by atoms with Crippen molar-refractivity contribution in [3.63, 3.8) is 0 Å². The van der Waals surface area contributed by atoms with Crippen molar-refractivity contribution in [2.24, 2.45) is 0 Å². The zero-order valence-corrected chi connectivity index (χ0v) is 15.0. The maximum atomic E-state index is 12.1. The van der Waals surface area contributed by atoms with Crippen LogP contribution >= 0.6 is 0 Å². The maximum absolute atomic E-state index is 12.1. The lowest BCUT2D eigenvalue weighted by Crippen LogP contribution is -2.55. The first kappa shape index (κ1) is 18.8. The van der Waals surface area contributed by atoms with Crippen molar-refractivity contribution in [2.45, 2.75) is 64.1 Å². The first-order valence-electron chi connectivity index (χ1n) is 8.89. The van der Waals surface area contributed by atoms with Gasteiger partial charge in [0.1, 0.15) is 11.9 Å². The van der Waals surface area contributed by atoms with Crippen molar-refractivity contribution in [3.8, 4) is 0 Å². The summed E-state index contributed by atoms with van der Waals surface area (Å²) in [6.45, 7) is 9.02. The van der Waals surface area contributed by atoms with Gasteiger partial charge in [-0.15, -0.1) is 0 Å². The lowest BCUT2D eigenvalue weighted by Gasteiger charge is -2.41. The molecule has 1 aromatic heterocycles. The van der Waals surface area contributed by atoms with E-state index >= 15 is 0 Å². The molecule has 2 atom stereocenters. The van der Waals surface area contributed by atoms with E-state index in [1.54, 1.807) is 12.1 Å². The Morgan fingerprint density at radius 3 is 2.71 bits per heavy atom. The lowest BCUT2D eigenvalue weighted by atomic mass is 9.98. The third-order valence-corrected chi connectivity index (χ3v) is 4.72. The SMILES string of the molecule is CC(CC(O)c1ccco1)NC(=O)NCC(C)(C)N1CCCCC1. The second-order valence-electron chi connectivity index (χ2n) is 7.36. The van der Waals surface area contributed by atoms with Gasteiger partial charge in [-0.2, -0.15) is 0 Å². The Hall–Kier alpha value is -1.53. The second-order valence-corrected chi connectivity index (χ2v) is 7.36. The minimum Gasteiger partial charge on any atom is -0.467 e. The Kier molecular flexibility index (Phi) is 6.69. The summed E-state index contributed by atoms with van der Waals surface area (Å²) < 4.78 is 5.18. The molecular weight excluding hydrogens is 306 g/mol. The van der Waals surface area contributed by atoms with E-state index < -0.39 is 6.10 Å². The third-order valence-electron chi connectivity index (χ3n) is 4.72. The molecule has 24 heavy (non-hydrogen) atoms. The van der Waals surface area contributed by atoms with Gasteiger partial charge in [0.25, 0.3) is 0 Å². The molecule has 1 aliphatic rings. The molecule has 1 aliphatic heterocycles. The summed E-state index contributed by atoms with van der Waals surface area (Å²) in [7, 11) is 0. The van der Waals surface area contributed by atoms with E-state index in [-0.39, 0.29) is 17.6 Å². The van der Waals surface area contributed by atoms with Gasteiger partial charge >= 0.3 is 6.03 Å². The number of carbonyl (C=O) groups is 1. The second kappa shape index (κ2) is 8.53. The molecule has 0 saturated carbocycles. The average molecular weight is 337 g/mol. The number of aliphatic hydroxyl groups excluding tert-OH is 1. The van der Waals surface area contributed by atoms with Gasteiger partial charge in [0.05, 0.1) is 6.26 Å². The number of nitrogens with one attached hydrogen (secondary N) is 2. The topological polar surface area (TPSA) is 77.7 Å². The van der Waals surface area contributed by atoms with Crippen LogP contribution in [0.4, 0.5) is 4.79 Å². The molecule has 3 N–H and O–H groups in total. The molecule has 1 fully saturated rings. The Morgan fingerprint density at radius 2 is 2.08 bits per heavy atom. The fourth-order valence-electron chi connectivity index (χ4n) is 3.17. The molecule has 0 radical (unpaired) electrons. The van der Waals surface area contributed by atoms with E-state index in [2.05, 4.69) is 29.4 Å². The largest absolute Gasteiger partial charge is 0.467 e. The number of amides is 2. The molecule has 6 nitrogen and oxygen atoms in total. The van der Waals surface area contributed by atoms with Gasteiger partial charge in [0, 0.05) is 24.5 Å². The molecule has 2 rings (SSSR count). The predicted molar refractivity (Wildman–Crippen MR) is 93.8 cm³/mol. The summed E-state index contributed by atoms with van der Waals surface area (Å²) in [5.74, 6) is 0.523. The van der Waals surface area contributed by atoms with Gasteiger partial charge in [-0.25, -0.2) is 4.79 Å². The van der Waals surface area contributed by atoms with Crippen molar-refractivity contribution in [1.29, 1.82) is 0 Å². The van der Waals surface area contributed by atoms with Gasteiger partial charge < -0.3 is 20.2 Å². The zero-order valence-electron chi connectivity index (χ0n) is 15.0. The summed E-state index contributed by atoms with van der Waals surface area (Å²) >= 11 is 0. The molecule has 0 aromatic carbocycles. The van der Waals surface area contributed by atoms with Crippen LogP contribution in [0.25, 0.3) is 0 Å². The zero-order chi connectivity index (χ0) is 17.6. The normalized spacial score (nSPS) is 18.8. The molecule has 2 amide bonds. The monoisotopic (exact) mass is 337 g/mol. The Labute approximate surface area is 144 Å². The first-order valence-corrected chi connectivity index (χ1v) is 8.89. The number of rotatable bonds is 7. The van der Waals surface area contributed by atoms with Gasteiger partial charge in [-0.05, 0) is 58.8 Å². The lowest BCUT2D eigenvalue weighted by molar-refractivity contribution is 0.0954. The molecule has 1 aromatic rings. The quantitative estimate of drug-likeness (QED) is 0.715. The number of carbonyl (C=O) groups excluding carboxylic acids is 1. The van der Waals surface area contributed by atoms with E-state index in [0.29, 0.717) is 18.7 Å². The molecule has 0 spiro atoms. The van der Waals surface area contributed by atoms with Gasteiger partial charge in [0.15, 0.2) is 0 Å². The fourth-order valence-corrected chi connectivity index (χ4v) is 3.17. The Morgan fingerprint density at radius 1 is 1.38 bits per heavy atom. The summed E-state index contributed by atoms with van der Waals surface area (Å²) in [6.07, 6.45) is 5.01. The van der Waals surface area contributed by atoms with Gasteiger partial charge in [-0.3, -0.25) is 4.90 Å². The highest BCUT2D eigenvalue weighted by molar-refractivity contribution is 5.74. The van der Waals surface area contributed by atoms with Crippen molar-refractivity contribution < 1.29 is 14.3 Å². The number of hydrogen-bond acceptors (Lipinski definition) is 4. The van der Waals surface area contributed by atoms with E-state index in [1.165, 1.54) is 25.5 Å². The highest BCUT2D eigenvalue weighted by Gasteiger charge is 2.28. The van der Waals surface area contributed by atoms with Crippen molar-refractivity contribution in [2.75, 3.05) is 19.6 Å². The molecule has 2 unspecified atom stereocenters. The van der Waals surface area contributed by atoms with E-state index in [1.807, 2.05) is 6.92 Å². The third kappa shape index (κ3) is 5.53. The number of hydrogen-bond donors (Lipinski definition) is 3. The number of piperidine rings is 1. The van der Waals surface area contributed by atoms with Crippen LogP contribution in [-0.4, -0.2) is 47.3 Å². The summed E-state index contributed by atoms with van der Waals surface area (Å²) in [5, 5.41) is 15.9. The van der Waals surface area contributed by atoms with Crippen LogP contribution in [0.5, 0.6) is 0 Å². The molecule has 6 heteroatoms. The smallest absolute Gasteiger partial charge is 0.315 e. The van der Waals surface area contributed by atoms with Crippen molar-refractivity contribution in [3.05, 3.63) is 24.2 Å². The van der Waals surface area contributed by atoms with Gasteiger partial charge in [0.2, 0.25) is 0 Å². The number of aliphatic hydroxyl groups is 1. The predicted octanol–water partition coefficient (Wildman–Crippen LogP) is 2.66. The van der Waals surface area contributed by atoms with Crippen LogP contribution in [0, 0.1) is 0 Å². The molecule has 0 aliphatic carbocycles. The number of nitrogens with zero attached hydrogens (tertiary/aromatic N) is 1. The summed E-state index contributed by atoms with van der Waals surface area (Å²) in [4.78, 5) is 14.6. The number of urea groups is 1. The van der Waals surface area contributed by atoms with Gasteiger partial charge in [-0.1, -0.05) is 6.42 Å². The molecular formula is C18H31N3O3. The number of furan rings is 1. The highest BCUT2D eigenvalue weighted by Crippen LogP contribution is 2.20. The standard InChI is InChI=1S/C18H31N3O3/c1-14(12-15(22)16-8-7-11-24-16)20-17(23)19-13-18(2,3)21-9-5-4-6-10-21/h7-8,11,14-15,22H,4-6,9-10,12-13H2,1-3H3,(H2,19,20,23). The van der Waals surface area contributed by atoms with E-state index in [9.17, 15) is 9.90 Å². The van der Waals surface area contributed by atoms with Crippen molar-refractivity contribution >= 4 is 6.03 Å². The van der Waals surface area contributed by atoms with E-state index in [0.717, 1.165) is 13.1 Å². The van der Waals surface area contributed by atoms with Crippen LogP contribution in [0.1, 0.15) is 58.3 Å². The molecule has 136 valence electrons.